The van der Waals surface area contributed by atoms with Crippen molar-refractivity contribution in [1.29, 1.82) is 0 Å². The Balaban J connectivity index is 2.59. The number of nitrogens with one attached hydrogen (secondary N) is 1. The summed E-state index contributed by atoms with van der Waals surface area (Å²) in [5, 5.41) is 3.44. The third kappa shape index (κ3) is 4.04. The standard InChI is InChI=1S/C12H20N2S/c1-4-15-8-10(3)14-12-7-9(2)5-6-11(12)13/h5-7,10,14H,4,8,13H2,1-3H3. The minimum atomic E-state index is 0.457. The van der Waals surface area contributed by atoms with Gasteiger partial charge < -0.3 is 11.1 Å². The van der Waals surface area contributed by atoms with Gasteiger partial charge in [0.1, 0.15) is 0 Å². The molecule has 3 N–H and O–H groups in total. The van der Waals surface area contributed by atoms with Gasteiger partial charge in [-0.1, -0.05) is 13.0 Å². The van der Waals surface area contributed by atoms with E-state index >= 15 is 0 Å². The Kier molecular flexibility index (Phi) is 4.82. The van der Waals surface area contributed by atoms with Gasteiger partial charge in [-0.2, -0.15) is 11.8 Å². The van der Waals surface area contributed by atoms with Crippen LogP contribution in [0.2, 0.25) is 0 Å². The summed E-state index contributed by atoms with van der Waals surface area (Å²) < 4.78 is 0. The summed E-state index contributed by atoms with van der Waals surface area (Å²) in [7, 11) is 0. The molecular formula is C12H20N2S. The van der Waals surface area contributed by atoms with Crippen LogP contribution in [-0.2, 0) is 0 Å². The number of hydrogen-bond acceptors (Lipinski definition) is 3. The minimum Gasteiger partial charge on any atom is -0.397 e. The number of thioether (sulfide) groups is 1. The fourth-order valence-electron chi connectivity index (χ4n) is 1.40. The first-order valence-electron chi connectivity index (χ1n) is 5.34. The fourth-order valence-corrected chi connectivity index (χ4v) is 2.07. The summed E-state index contributed by atoms with van der Waals surface area (Å²) >= 11 is 1.94. The number of aryl methyl sites for hydroxylation is 1. The van der Waals surface area contributed by atoms with Gasteiger partial charge in [0.15, 0.2) is 0 Å². The molecule has 3 heteroatoms. The molecule has 0 amide bonds. The zero-order valence-electron chi connectivity index (χ0n) is 9.71. The maximum absolute atomic E-state index is 5.90. The third-order valence-electron chi connectivity index (χ3n) is 2.18. The molecule has 15 heavy (non-hydrogen) atoms. The number of benzene rings is 1. The maximum Gasteiger partial charge on any atom is 0.0578 e. The van der Waals surface area contributed by atoms with E-state index in [9.17, 15) is 0 Å². The van der Waals surface area contributed by atoms with Gasteiger partial charge >= 0.3 is 0 Å². The molecule has 0 fully saturated rings. The van der Waals surface area contributed by atoms with Crippen molar-refractivity contribution in [3.05, 3.63) is 23.8 Å². The van der Waals surface area contributed by atoms with Crippen molar-refractivity contribution in [2.24, 2.45) is 0 Å². The first-order valence-corrected chi connectivity index (χ1v) is 6.49. The molecule has 0 saturated carbocycles. The lowest BCUT2D eigenvalue weighted by molar-refractivity contribution is 0.913. The smallest absolute Gasteiger partial charge is 0.0578 e. The molecule has 0 aromatic heterocycles. The van der Waals surface area contributed by atoms with Crippen LogP contribution >= 0.6 is 11.8 Å². The SMILES string of the molecule is CCSCC(C)Nc1cc(C)ccc1N. The van der Waals surface area contributed by atoms with Crippen LogP contribution in [-0.4, -0.2) is 17.5 Å². The predicted molar refractivity (Wildman–Crippen MR) is 71.7 cm³/mol. The van der Waals surface area contributed by atoms with Gasteiger partial charge in [-0.25, -0.2) is 0 Å². The molecule has 0 aliphatic carbocycles. The molecule has 84 valence electrons. The van der Waals surface area contributed by atoms with Crippen LogP contribution in [0.5, 0.6) is 0 Å². The number of nitrogens with two attached hydrogens (primary N) is 1. The van der Waals surface area contributed by atoms with Crippen molar-refractivity contribution in [3.8, 4) is 0 Å². The van der Waals surface area contributed by atoms with Crippen LogP contribution in [0.25, 0.3) is 0 Å². The predicted octanol–water partition coefficient (Wildman–Crippen LogP) is 3.13. The molecule has 1 atom stereocenters. The maximum atomic E-state index is 5.90. The van der Waals surface area contributed by atoms with Crippen LogP contribution in [0.15, 0.2) is 18.2 Å². The topological polar surface area (TPSA) is 38.0 Å². The zero-order valence-corrected chi connectivity index (χ0v) is 10.5. The monoisotopic (exact) mass is 224 g/mol. The Labute approximate surface area is 96.6 Å². The molecule has 1 aromatic carbocycles. The quantitative estimate of drug-likeness (QED) is 0.755. The molecule has 0 aliphatic heterocycles. The average Bonchev–Trinajstić information content (AvgIpc) is 2.20. The Morgan fingerprint density at radius 1 is 1.47 bits per heavy atom. The van der Waals surface area contributed by atoms with E-state index in [0.29, 0.717) is 6.04 Å². The molecule has 0 saturated heterocycles. The van der Waals surface area contributed by atoms with E-state index in [4.69, 9.17) is 5.73 Å². The highest BCUT2D eigenvalue weighted by atomic mass is 32.2. The van der Waals surface area contributed by atoms with Gasteiger partial charge in [-0.05, 0) is 37.3 Å². The first kappa shape index (κ1) is 12.2. The van der Waals surface area contributed by atoms with Crippen LogP contribution < -0.4 is 11.1 Å². The van der Waals surface area contributed by atoms with E-state index in [0.717, 1.165) is 22.9 Å². The van der Waals surface area contributed by atoms with Crippen molar-refractivity contribution in [1.82, 2.24) is 0 Å². The van der Waals surface area contributed by atoms with E-state index in [-0.39, 0.29) is 0 Å². The average molecular weight is 224 g/mol. The van der Waals surface area contributed by atoms with Crippen molar-refractivity contribution in [2.45, 2.75) is 26.8 Å². The summed E-state index contributed by atoms with van der Waals surface area (Å²) in [6.45, 7) is 6.44. The second-order valence-corrected chi connectivity index (χ2v) is 5.11. The number of hydrogen-bond donors (Lipinski definition) is 2. The van der Waals surface area contributed by atoms with Gasteiger partial charge in [-0.15, -0.1) is 0 Å². The van der Waals surface area contributed by atoms with Crippen molar-refractivity contribution < 1.29 is 0 Å². The Morgan fingerprint density at radius 3 is 2.87 bits per heavy atom. The van der Waals surface area contributed by atoms with Crippen LogP contribution in [0.4, 0.5) is 11.4 Å². The van der Waals surface area contributed by atoms with Gasteiger partial charge in [0.25, 0.3) is 0 Å². The van der Waals surface area contributed by atoms with E-state index < -0.39 is 0 Å². The molecule has 2 nitrogen and oxygen atoms in total. The third-order valence-corrected chi connectivity index (χ3v) is 3.33. The second-order valence-electron chi connectivity index (χ2n) is 3.80. The summed E-state index contributed by atoms with van der Waals surface area (Å²) in [6.07, 6.45) is 0. The summed E-state index contributed by atoms with van der Waals surface area (Å²) in [5.41, 5.74) is 9.02. The summed E-state index contributed by atoms with van der Waals surface area (Å²) in [5.74, 6) is 2.28. The lowest BCUT2D eigenvalue weighted by atomic mass is 10.2. The second kappa shape index (κ2) is 5.91. The molecule has 0 aliphatic rings. The minimum absolute atomic E-state index is 0.457. The highest BCUT2D eigenvalue weighted by Crippen LogP contribution is 2.21. The Bertz CT molecular complexity index is 312. The molecule has 1 unspecified atom stereocenters. The highest BCUT2D eigenvalue weighted by molar-refractivity contribution is 7.99. The van der Waals surface area contributed by atoms with Gasteiger partial charge in [0, 0.05) is 11.8 Å². The molecule has 1 aromatic rings. The van der Waals surface area contributed by atoms with Crippen LogP contribution in [0.1, 0.15) is 19.4 Å². The zero-order chi connectivity index (χ0) is 11.3. The molecule has 0 heterocycles. The highest BCUT2D eigenvalue weighted by Gasteiger charge is 2.04. The van der Waals surface area contributed by atoms with Crippen molar-refractivity contribution in [3.63, 3.8) is 0 Å². The molecule has 0 radical (unpaired) electrons. The van der Waals surface area contributed by atoms with Crippen LogP contribution in [0.3, 0.4) is 0 Å². The number of rotatable bonds is 5. The molecule has 0 spiro atoms. The number of nitrogen functional groups attached to an aromatic ring is 1. The molecule has 0 bridgehead atoms. The molecular weight excluding hydrogens is 204 g/mol. The van der Waals surface area contributed by atoms with E-state index in [1.165, 1.54) is 5.56 Å². The largest absolute Gasteiger partial charge is 0.397 e. The lowest BCUT2D eigenvalue weighted by Gasteiger charge is -2.16. The van der Waals surface area contributed by atoms with Crippen molar-refractivity contribution in [2.75, 3.05) is 22.6 Å². The summed E-state index contributed by atoms with van der Waals surface area (Å²) in [6, 6.07) is 6.55. The molecule has 1 rings (SSSR count). The summed E-state index contributed by atoms with van der Waals surface area (Å²) in [4.78, 5) is 0. The Morgan fingerprint density at radius 2 is 2.20 bits per heavy atom. The van der Waals surface area contributed by atoms with Gasteiger partial charge in [-0.3, -0.25) is 0 Å². The van der Waals surface area contributed by atoms with Crippen molar-refractivity contribution >= 4 is 23.1 Å². The van der Waals surface area contributed by atoms with E-state index in [2.05, 4.69) is 32.2 Å². The van der Waals surface area contributed by atoms with Crippen LogP contribution in [0, 0.1) is 6.92 Å². The fraction of sp³-hybridized carbons (Fsp3) is 0.500. The van der Waals surface area contributed by atoms with Gasteiger partial charge in [0.2, 0.25) is 0 Å². The Hall–Kier alpha value is -0.830. The normalized spacial score (nSPS) is 12.5. The first-order chi connectivity index (χ1) is 7.13. The lowest BCUT2D eigenvalue weighted by Crippen LogP contribution is -2.18. The van der Waals surface area contributed by atoms with E-state index in [1.54, 1.807) is 0 Å². The van der Waals surface area contributed by atoms with E-state index in [1.807, 2.05) is 23.9 Å². The van der Waals surface area contributed by atoms with Gasteiger partial charge in [0.05, 0.1) is 11.4 Å². The number of anilines is 2.